The van der Waals surface area contributed by atoms with Crippen molar-refractivity contribution in [3.8, 4) is 0 Å². The van der Waals surface area contributed by atoms with Gasteiger partial charge in [-0.3, -0.25) is 9.69 Å². The summed E-state index contributed by atoms with van der Waals surface area (Å²) in [5, 5.41) is 11.9. The highest BCUT2D eigenvalue weighted by Crippen LogP contribution is 2.14. The number of aliphatic hydroxyl groups excluding tert-OH is 1. The second kappa shape index (κ2) is 4.94. The monoisotopic (exact) mass is 214 g/mol. The number of carbonyl (C=O) groups is 1. The molecule has 1 aliphatic heterocycles. The van der Waals surface area contributed by atoms with Crippen molar-refractivity contribution >= 4 is 5.91 Å². The third-order valence-electron chi connectivity index (χ3n) is 2.51. The van der Waals surface area contributed by atoms with E-state index in [0.717, 1.165) is 19.5 Å². The summed E-state index contributed by atoms with van der Waals surface area (Å²) in [6.45, 7) is 8.38. The average molecular weight is 214 g/mol. The lowest BCUT2D eigenvalue weighted by molar-refractivity contribution is -0.123. The first-order valence-corrected chi connectivity index (χ1v) is 5.55. The van der Waals surface area contributed by atoms with E-state index in [0.29, 0.717) is 12.5 Å². The minimum atomic E-state index is -0.160. The van der Waals surface area contributed by atoms with Crippen molar-refractivity contribution in [2.24, 2.45) is 5.92 Å². The fourth-order valence-electron chi connectivity index (χ4n) is 1.87. The van der Waals surface area contributed by atoms with Crippen LogP contribution in [0.1, 0.15) is 27.2 Å². The van der Waals surface area contributed by atoms with Crippen molar-refractivity contribution in [2.45, 2.75) is 32.7 Å². The van der Waals surface area contributed by atoms with Crippen LogP contribution in [0.4, 0.5) is 0 Å². The van der Waals surface area contributed by atoms with Gasteiger partial charge in [0.15, 0.2) is 0 Å². The molecule has 0 aliphatic carbocycles. The van der Waals surface area contributed by atoms with Crippen LogP contribution in [0.2, 0.25) is 0 Å². The fraction of sp³-hybridized carbons (Fsp3) is 0.909. The molecule has 1 rings (SSSR count). The van der Waals surface area contributed by atoms with E-state index in [1.54, 1.807) is 0 Å². The van der Waals surface area contributed by atoms with E-state index in [-0.39, 0.29) is 18.1 Å². The van der Waals surface area contributed by atoms with E-state index >= 15 is 0 Å². The Hall–Kier alpha value is -0.610. The number of rotatable bonds is 3. The van der Waals surface area contributed by atoms with E-state index in [4.69, 9.17) is 5.11 Å². The van der Waals surface area contributed by atoms with Crippen LogP contribution in [-0.2, 0) is 4.79 Å². The molecule has 1 fully saturated rings. The lowest BCUT2D eigenvalue weighted by Gasteiger charge is -2.23. The van der Waals surface area contributed by atoms with E-state index in [1.165, 1.54) is 0 Å². The first-order valence-electron chi connectivity index (χ1n) is 5.55. The summed E-state index contributed by atoms with van der Waals surface area (Å²) in [5.41, 5.74) is -0.160. The SMILES string of the molecule is CC(C)(C)NC(=O)CN1CC[C@@H](CO)C1. The van der Waals surface area contributed by atoms with E-state index in [1.807, 2.05) is 20.8 Å². The van der Waals surface area contributed by atoms with Gasteiger partial charge in [0, 0.05) is 18.7 Å². The van der Waals surface area contributed by atoms with Gasteiger partial charge < -0.3 is 10.4 Å². The van der Waals surface area contributed by atoms with Crippen LogP contribution in [0.5, 0.6) is 0 Å². The van der Waals surface area contributed by atoms with E-state index in [9.17, 15) is 4.79 Å². The van der Waals surface area contributed by atoms with E-state index in [2.05, 4.69) is 10.2 Å². The molecule has 1 saturated heterocycles. The van der Waals surface area contributed by atoms with Crippen molar-refractivity contribution in [1.82, 2.24) is 10.2 Å². The summed E-state index contributed by atoms with van der Waals surface area (Å²) in [7, 11) is 0. The van der Waals surface area contributed by atoms with Crippen molar-refractivity contribution < 1.29 is 9.90 Å². The highest BCUT2D eigenvalue weighted by molar-refractivity contribution is 5.78. The highest BCUT2D eigenvalue weighted by Gasteiger charge is 2.24. The molecule has 0 spiro atoms. The van der Waals surface area contributed by atoms with Crippen molar-refractivity contribution in [2.75, 3.05) is 26.2 Å². The average Bonchev–Trinajstić information content (AvgIpc) is 2.48. The zero-order valence-corrected chi connectivity index (χ0v) is 9.92. The van der Waals surface area contributed by atoms with Crippen molar-refractivity contribution in [1.29, 1.82) is 0 Å². The highest BCUT2D eigenvalue weighted by atomic mass is 16.3. The van der Waals surface area contributed by atoms with Gasteiger partial charge >= 0.3 is 0 Å². The first-order chi connectivity index (χ1) is 6.90. The Morgan fingerprint density at radius 1 is 1.53 bits per heavy atom. The lowest BCUT2D eigenvalue weighted by atomic mass is 10.1. The smallest absolute Gasteiger partial charge is 0.234 e. The van der Waals surface area contributed by atoms with Gasteiger partial charge in [-0.1, -0.05) is 0 Å². The molecule has 0 bridgehead atoms. The van der Waals surface area contributed by atoms with Crippen molar-refractivity contribution in [3.63, 3.8) is 0 Å². The maximum Gasteiger partial charge on any atom is 0.234 e. The van der Waals surface area contributed by atoms with Gasteiger partial charge in [-0.2, -0.15) is 0 Å². The molecule has 1 amide bonds. The summed E-state index contributed by atoms with van der Waals surface area (Å²) in [6, 6.07) is 0. The Labute approximate surface area is 91.6 Å². The number of hydrogen-bond donors (Lipinski definition) is 2. The number of hydrogen-bond acceptors (Lipinski definition) is 3. The van der Waals surface area contributed by atoms with Gasteiger partial charge in [0.25, 0.3) is 0 Å². The number of nitrogens with one attached hydrogen (secondary N) is 1. The third kappa shape index (κ3) is 4.62. The van der Waals surface area contributed by atoms with Gasteiger partial charge in [0.2, 0.25) is 5.91 Å². The Morgan fingerprint density at radius 2 is 2.20 bits per heavy atom. The maximum absolute atomic E-state index is 11.6. The largest absolute Gasteiger partial charge is 0.396 e. The lowest BCUT2D eigenvalue weighted by Crippen LogP contribution is -2.45. The zero-order chi connectivity index (χ0) is 11.5. The Morgan fingerprint density at radius 3 is 2.67 bits per heavy atom. The normalized spacial score (nSPS) is 23.1. The first kappa shape index (κ1) is 12.5. The van der Waals surface area contributed by atoms with Crippen molar-refractivity contribution in [3.05, 3.63) is 0 Å². The quantitative estimate of drug-likeness (QED) is 0.706. The molecule has 0 aromatic carbocycles. The molecule has 0 aromatic heterocycles. The number of likely N-dealkylation sites (tertiary alicyclic amines) is 1. The topological polar surface area (TPSA) is 52.6 Å². The molecule has 0 unspecified atom stereocenters. The molecular formula is C11H22N2O2. The van der Waals surface area contributed by atoms with Crippen LogP contribution >= 0.6 is 0 Å². The molecule has 1 heterocycles. The molecule has 0 saturated carbocycles. The number of aliphatic hydroxyl groups is 1. The number of carbonyl (C=O) groups excluding carboxylic acids is 1. The molecule has 88 valence electrons. The van der Waals surface area contributed by atoms with Gasteiger partial charge in [-0.05, 0) is 39.7 Å². The van der Waals surface area contributed by atoms with Gasteiger partial charge in [-0.25, -0.2) is 0 Å². The summed E-state index contributed by atoms with van der Waals surface area (Å²) in [4.78, 5) is 13.7. The minimum absolute atomic E-state index is 0.0705. The third-order valence-corrected chi connectivity index (χ3v) is 2.51. The Balaban J connectivity index is 2.28. The van der Waals surface area contributed by atoms with E-state index < -0.39 is 0 Å². The molecule has 1 aliphatic rings. The Bertz CT molecular complexity index is 223. The van der Waals surface area contributed by atoms with Crippen LogP contribution in [0.25, 0.3) is 0 Å². The van der Waals surface area contributed by atoms with Crippen LogP contribution in [0, 0.1) is 5.92 Å². The molecule has 4 nitrogen and oxygen atoms in total. The molecular weight excluding hydrogens is 192 g/mol. The summed E-state index contributed by atoms with van der Waals surface area (Å²) >= 11 is 0. The standard InChI is InChI=1S/C11H22N2O2/c1-11(2,3)12-10(15)7-13-5-4-9(6-13)8-14/h9,14H,4-8H2,1-3H3,(H,12,15)/t9-/m1/s1. The van der Waals surface area contributed by atoms with Gasteiger partial charge in [0.1, 0.15) is 0 Å². The predicted molar refractivity (Wildman–Crippen MR) is 59.5 cm³/mol. The fourth-order valence-corrected chi connectivity index (χ4v) is 1.87. The molecule has 0 radical (unpaired) electrons. The van der Waals surface area contributed by atoms with Crippen LogP contribution < -0.4 is 5.32 Å². The summed E-state index contributed by atoms with van der Waals surface area (Å²) in [6.07, 6.45) is 0.999. The van der Waals surface area contributed by atoms with Crippen LogP contribution in [0.15, 0.2) is 0 Å². The molecule has 1 atom stereocenters. The molecule has 4 heteroatoms. The van der Waals surface area contributed by atoms with Crippen LogP contribution in [0.3, 0.4) is 0 Å². The Kier molecular flexibility index (Phi) is 4.11. The molecule has 0 aromatic rings. The second-order valence-electron chi connectivity index (χ2n) is 5.37. The molecule has 2 N–H and O–H groups in total. The molecule has 15 heavy (non-hydrogen) atoms. The maximum atomic E-state index is 11.6. The number of amides is 1. The van der Waals surface area contributed by atoms with Gasteiger partial charge in [0.05, 0.1) is 6.54 Å². The minimum Gasteiger partial charge on any atom is -0.396 e. The number of nitrogens with zero attached hydrogens (tertiary/aromatic N) is 1. The second-order valence-corrected chi connectivity index (χ2v) is 5.37. The summed E-state index contributed by atoms with van der Waals surface area (Å²) < 4.78 is 0. The van der Waals surface area contributed by atoms with Crippen LogP contribution in [-0.4, -0.2) is 47.7 Å². The summed E-state index contributed by atoms with van der Waals surface area (Å²) in [5.74, 6) is 0.425. The van der Waals surface area contributed by atoms with Gasteiger partial charge in [-0.15, -0.1) is 0 Å². The predicted octanol–water partition coefficient (Wildman–Crippen LogP) is 0.215. The zero-order valence-electron chi connectivity index (χ0n) is 9.92.